The molecular formula is C22H22N4O2. The second-order valence-corrected chi connectivity index (χ2v) is 6.49. The SMILES string of the molecule is CC(=O)Nc1ccc(NC(=O)c2ccc(NCc3cccc(C)c3)nc2)cc1. The van der Waals surface area contributed by atoms with E-state index in [1.807, 2.05) is 6.07 Å². The standard InChI is InChI=1S/C22H22N4O2/c1-15-4-3-5-17(12-15)13-23-21-11-6-18(14-24-21)22(28)26-20-9-7-19(8-10-20)25-16(2)27/h3-12,14H,13H2,1-2H3,(H,23,24)(H,25,27)(H,26,28). The Balaban J connectivity index is 1.56. The second-order valence-electron chi connectivity index (χ2n) is 6.49. The molecule has 2 amide bonds. The first-order valence-corrected chi connectivity index (χ1v) is 8.94. The van der Waals surface area contributed by atoms with Crippen LogP contribution in [0.25, 0.3) is 0 Å². The molecule has 0 spiro atoms. The average molecular weight is 374 g/mol. The average Bonchev–Trinajstić information content (AvgIpc) is 2.68. The maximum absolute atomic E-state index is 12.4. The molecule has 0 aliphatic rings. The molecule has 28 heavy (non-hydrogen) atoms. The number of benzene rings is 2. The van der Waals surface area contributed by atoms with Crippen LogP contribution >= 0.6 is 0 Å². The summed E-state index contributed by atoms with van der Waals surface area (Å²) in [5, 5.41) is 8.74. The number of nitrogens with one attached hydrogen (secondary N) is 3. The van der Waals surface area contributed by atoms with E-state index in [9.17, 15) is 9.59 Å². The van der Waals surface area contributed by atoms with Gasteiger partial charge in [0, 0.05) is 31.0 Å². The van der Waals surface area contributed by atoms with Crippen molar-refractivity contribution >= 4 is 29.0 Å². The monoisotopic (exact) mass is 374 g/mol. The van der Waals surface area contributed by atoms with Crippen LogP contribution in [0, 0.1) is 6.92 Å². The molecule has 0 bridgehead atoms. The van der Waals surface area contributed by atoms with Crippen molar-refractivity contribution in [3.05, 3.63) is 83.6 Å². The molecule has 0 aliphatic heterocycles. The van der Waals surface area contributed by atoms with Crippen LogP contribution in [0.2, 0.25) is 0 Å². The molecule has 6 heteroatoms. The number of amides is 2. The number of carbonyl (C=O) groups excluding carboxylic acids is 2. The topological polar surface area (TPSA) is 83.1 Å². The molecule has 142 valence electrons. The van der Waals surface area contributed by atoms with Gasteiger partial charge in [0.25, 0.3) is 5.91 Å². The molecule has 0 saturated carbocycles. The summed E-state index contributed by atoms with van der Waals surface area (Å²) < 4.78 is 0. The van der Waals surface area contributed by atoms with Gasteiger partial charge in [0.05, 0.1) is 5.56 Å². The molecule has 1 aromatic heterocycles. The fraction of sp³-hybridized carbons (Fsp3) is 0.136. The number of rotatable bonds is 6. The Labute approximate surface area is 164 Å². The van der Waals surface area contributed by atoms with Crippen LogP contribution in [0.4, 0.5) is 17.2 Å². The van der Waals surface area contributed by atoms with Crippen molar-refractivity contribution in [2.24, 2.45) is 0 Å². The Kier molecular flexibility index (Phi) is 6.01. The van der Waals surface area contributed by atoms with Crippen LogP contribution in [0.15, 0.2) is 66.9 Å². The van der Waals surface area contributed by atoms with Gasteiger partial charge in [-0.05, 0) is 48.9 Å². The highest BCUT2D eigenvalue weighted by Gasteiger charge is 2.07. The Morgan fingerprint density at radius 3 is 2.25 bits per heavy atom. The van der Waals surface area contributed by atoms with Gasteiger partial charge in [-0.25, -0.2) is 4.98 Å². The van der Waals surface area contributed by atoms with Gasteiger partial charge in [-0.1, -0.05) is 29.8 Å². The van der Waals surface area contributed by atoms with E-state index < -0.39 is 0 Å². The molecule has 2 aromatic carbocycles. The summed E-state index contributed by atoms with van der Waals surface area (Å²) in [4.78, 5) is 27.7. The number of carbonyl (C=O) groups is 2. The van der Waals surface area contributed by atoms with E-state index in [1.165, 1.54) is 18.1 Å². The van der Waals surface area contributed by atoms with Crippen LogP contribution in [-0.4, -0.2) is 16.8 Å². The largest absolute Gasteiger partial charge is 0.366 e. The Bertz CT molecular complexity index is 967. The van der Waals surface area contributed by atoms with Gasteiger partial charge in [-0.3, -0.25) is 9.59 Å². The first-order valence-electron chi connectivity index (χ1n) is 8.94. The predicted octanol–water partition coefficient (Wildman–Crippen LogP) is 4.21. The van der Waals surface area contributed by atoms with Gasteiger partial charge in [0.1, 0.15) is 5.82 Å². The number of anilines is 3. The summed E-state index contributed by atoms with van der Waals surface area (Å²) in [5.74, 6) is 0.321. The Hall–Kier alpha value is -3.67. The van der Waals surface area contributed by atoms with E-state index >= 15 is 0 Å². The molecule has 0 fully saturated rings. The fourth-order valence-corrected chi connectivity index (χ4v) is 2.69. The number of hydrogen-bond donors (Lipinski definition) is 3. The van der Waals surface area contributed by atoms with Gasteiger partial charge >= 0.3 is 0 Å². The van der Waals surface area contributed by atoms with Crippen LogP contribution < -0.4 is 16.0 Å². The summed E-state index contributed by atoms with van der Waals surface area (Å²) >= 11 is 0. The lowest BCUT2D eigenvalue weighted by Crippen LogP contribution is -2.13. The lowest BCUT2D eigenvalue weighted by Gasteiger charge is -2.09. The number of pyridine rings is 1. The molecular weight excluding hydrogens is 352 g/mol. The number of aryl methyl sites for hydroxylation is 1. The van der Waals surface area contributed by atoms with Crippen LogP contribution in [0.3, 0.4) is 0 Å². The van der Waals surface area contributed by atoms with Crippen molar-refractivity contribution in [3.63, 3.8) is 0 Å². The highest BCUT2D eigenvalue weighted by molar-refractivity contribution is 6.04. The first kappa shape index (κ1) is 19.1. The van der Waals surface area contributed by atoms with Gasteiger partial charge in [-0.2, -0.15) is 0 Å². The molecule has 0 radical (unpaired) electrons. The number of nitrogens with zero attached hydrogens (tertiary/aromatic N) is 1. The Morgan fingerprint density at radius 2 is 1.64 bits per heavy atom. The van der Waals surface area contributed by atoms with Crippen LogP contribution in [-0.2, 0) is 11.3 Å². The van der Waals surface area contributed by atoms with Crippen molar-refractivity contribution in [2.75, 3.05) is 16.0 Å². The van der Waals surface area contributed by atoms with Crippen LogP contribution in [0.5, 0.6) is 0 Å². The third kappa shape index (κ3) is 5.41. The van der Waals surface area contributed by atoms with E-state index in [1.54, 1.807) is 42.6 Å². The van der Waals surface area contributed by atoms with E-state index in [4.69, 9.17) is 0 Å². The quantitative estimate of drug-likeness (QED) is 0.603. The van der Waals surface area contributed by atoms with E-state index in [-0.39, 0.29) is 11.8 Å². The van der Waals surface area contributed by atoms with E-state index in [0.717, 1.165) is 0 Å². The van der Waals surface area contributed by atoms with E-state index in [0.29, 0.717) is 29.3 Å². The zero-order valence-electron chi connectivity index (χ0n) is 15.8. The van der Waals surface area contributed by atoms with Crippen molar-refractivity contribution in [3.8, 4) is 0 Å². The minimum absolute atomic E-state index is 0.140. The van der Waals surface area contributed by atoms with Crippen molar-refractivity contribution in [2.45, 2.75) is 20.4 Å². The summed E-state index contributed by atoms with van der Waals surface area (Å²) in [7, 11) is 0. The lowest BCUT2D eigenvalue weighted by atomic mass is 10.1. The Morgan fingerprint density at radius 1 is 0.929 bits per heavy atom. The molecule has 3 N–H and O–H groups in total. The molecule has 0 saturated heterocycles. The molecule has 0 atom stereocenters. The van der Waals surface area contributed by atoms with Gasteiger partial charge in [0.15, 0.2) is 0 Å². The third-order valence-corrected chi connectivity index (χ3v) is 4.04. The maximum Gasteiger partial charge on any atom is 0.257 e. The maximum atomic E-state index is 12.4. The minimum atomic E-state index is -0.245. The zero-order valence-corrected chi connectivity index (χ0v) is 15.8. The second kappa shape index (κ2) is 8.81. The summed E-state index contributed by atoms with van der Waals surface area (Å²) in [5.41, 5.74) is 4.17. The van der Waals surface area contributed by atoms with Gasteiger partial charge in [0.2, 0.25) is 5.91 Å². The molecule has 0 unspecified atom stereocenters. The van der Waals surface area contributed by atoms with Gasteiger partial charge < -0.3 is 16.0 Å². The van der Waals surface area contributed by atoms with Crippen LogP contribution in [0.1, 0.15) is 28.4 Å². The zero-order chi connectivity index (χ0) is 19.9. The van der Waals surface area contributed by atoms with Gasteiger partial charge in [-0.15, -0.1) is 0 Å². The molecule has 3 aromatic rings. The summed E-state index contributed by atoms with van der Waals surface area (Å²) in [6.45, 7) is 4.17. The highest BCUT2D eigenvalue weighted by Crippen LogP contribution is 2.15. The first-order chi connectivity index (χ1) is 13.5. The highest BCUT2D eigenvalue weighted by atomic mass is 16.2. The number of hydrogen-bond acceptors (Lipinski definition) is 4. The molecule has 6 nitrogen and oxygen atoms in total. The molecule has 0 aliphatic carbocycles. The van der Waals surface area contributed by atoms with Crippen molar-refractivity contribution in [1.29, 1.82) is 0 Å². The smallest absolute Gasteiger partial charge is 0.257 e. The van der Waals surface area contributed by atoms with Crippen molar-refractivity contribution < 1.29 is 9.59 Å². The minimum Gasteiger partial charge on any atom is -0.366 e. The summed E-state index contributed by atoms with van der Waals surface area (Å²) in [6.07, 6.45) is 1.54. The normalized spacial score (nSPS) is 10.2. The molecule has 1 heterocycles. The molecule has 3 rings (SSSR count). The summed E-state index contributed by atoms with van der Waals surface area (Å²) in [6, 6.07) is 18.7. The predicted molar refractivity (Wildman–Crippen MR) is 111 cm³/mol. The number of aromatic nitrogens is 1. The lowest BCUT2D eigenvalue weighted by molar-refractivity contribution is -0.114. The fourth-order valence-electron chi connectivity index (χ4n) is 2.69. The van der Waals surface area contributed by atoms with Crippen molar-refractivity contribution in [1.82, 2.24) is 4.98 Å². The third-order valence-electron chi connectivity index (χ3n) is 4.04. The van der Waals surface area contributed by atoms with E-state index in [2.05, 4.69) is 46.1 Å².